The molecule has 1 rings (SSSR count). The van der Waals surface area contributed by atoms with E-state index in [1.807, 2.05) is 13.2 Å². The Hall–Kier alpha value is -0.790. The largest absolute Gasteiger partial charge is 0.370 e. The minimum atomic E-state index is -3.43. The second kappa shape index (κ2) is 8.39. The first-order valence-corrected chi connectivity index (χ1v) is 9.16. The number of aromatic nitrogens is 1. The molecule has 0 spiro atoms. The molecular weight excluding hydrogens is 282 g/mol. The maximum atomic E-state index is 12.0. The lowest BCUT2D eigenvalue weighted by atomic mass is 10.3. The van der Waals surface area contributed by atoms with Crippen LogP contribution in [0.1, 0.15) is 19.8 Å². The number of unbranched alkanes of at least 4 members (excludes halogenated alkanes) is 1. The number of sulfonamides is 1. The molecule has 0 saturated carbocycles. The Morgan fingerprint density at radius 3 is 2.68 bits per heavy atom. The van der Waals surface area contributed by atoms with Crippen LogP contribution in [0.2, 0.25) is 0 Å². The Labute approximate surface area is 119 Å². The molecular formula is C12H21N3O2S2. The van der Waals surface area contributed by atoms with E-state index in [0.29, 0.717) is 12.4 Å². The molecule has 5 nitrogen and oxygen atoms in total. The quantitative estimate of drug-likeness (QED) is 0.682. The van der Waals surface area contributed by atoms with E-state index >= 15 is 0 Å². The van der Waals surface area contributed by atoms with E-state index in [1.54, 1.807) is 23.9 Å². The molecule has 0 radical (unpaired) electrons. The van der Waals surface area contributed by atoms with Crippen molar-refractivity contribution in [3.63, 3.8) is 0 Å². The van der Waals surface area contributed by atoms with Crippen molar-refractivity contribution in [2.24, 2.45) is 0 Å². The van der Waals surface area contributed by atoms with Gasteiger partial charge in [0.1, 0.15) is 10.7 Å². The third kappa shape index (κ3) is 5.80. The third-order valence-electron chi connectivity index (χ3n) is 2.47. The van der Waals surface area contributed by atoms with E-state index in [2.05, 4.69) is 15.0 Å². The highest BCUT2D eigenvalue weighted by Gasteiger charge is 2.13. The number of pyridine rings is 1. The minimum Gasteiger partial charge on any atom is -0.370 e. The number of hydrogen-bond donors (Lipinski definition) is 2. The van der Waals surface area contributed by atoms with Crippen molar-refractivity contribution in [3.8, 4) is 0 Å². The molecule has 0 bridgehead atoms. The molecule has 1 heterocycles. The number of thioether (sulfide) groups is 1. The first kappa shape index (κ1) is 16.3. The van der Waals surface area contributed by atoms with Crippen LogP contribution in [0, 0.1) is 0 Å². The van der Waals surface area contributed by atoms with Gasteiger partial charge in [0.2, 0.25) is 10.0 Å². The molecule has 1 aromatic heterocycles. The van der Waals surface area contributed by atoms with Gasteiger partial charge in [-0.25, -0.2) is 18.1 Å². The fourth-order valence-corrected chi connectivity index (χ4v) is 3.00. The van der Waals surface area contributed by atoms with Gasteiger partial charge in [-0.2, -0.15) is 11.8 Å². The first-order valence-electron chi connectivity index (χ1n) is 6.28. The standard InChI is InChI=1S/C12H21N3O2S2/c1-3-13-12-7-6-11(10-14-12)19(16,17)15-8-4-5-9-18-2/h6-7,10,15H,3-5,8-9H2,1-2H3,(H,13,14). The third-order valence-corrected chi connectivity index (χ3v) is 4.62. The van der Waals surface area contributed by atoms with Crippen LogP contribution < -0.4 is 10.0 Å². The lowest BCUT2D eigenvalue weighted by molar-refractivity contribution is 0.578. The van der Waals surface area contributed by atoms with Crippen LogP contribution in [-0.4, -0.2) is 38.5 Å². The van der Waals surface area contributed by atoms with Crippen LogP contribution in [0.3, 0.4) is 0 Å². The minimum absolute atomic E-state index is 0.207. The van der Waals surface area contributed by atoms with Crippen molar-refractivity contribution in [2.75, 3.05) is 30.4 Å². The predicted molar refractivity (Wildman–Crippen MR) is 81.2 cm³/mol. The summed E-state index contributed by atoms with van der Waals surface area (Å²) in [5.41, 5.74) is 0. The Morgan fingerprint density at radius 2 is 2.11 bits per heavy atom. The average Bonchev–Trinajstić information content (AvgIpc) is 2.39. The number of rotatable bonds is 9. The summed E-state index contributed by atoms with van der Waals surface area (Å²) in [5, 5.41) is 3.02. The second-order valence-electron chi connectivity index (χ2n) is 4.01. The molecule has 0 aliphatic rings. The molecule has 0 atom stereocenters. The van der Waals surface area contributed by atoms with Gasteiger partial charge >= 0.3 is 0 Å². The van der Waals surface area contributed by atoms with Crippen LogP contribution in [0.15, 0.2) is 23.2 Å². The van der Waals surface area contributed by atoms with E-state index < -0.39 is 10.0 Å². The lowest BCUT2D eigenvalue weighted by Gasteiger charge is -2.07. The first-order chi connectivity index (χ1) is 9.10. The molecule has 7 heteroatoms. The molecule has 0 unspecified atom stereocenters. The number of nitrogens with zero attached hydrogens (tertiary/aromatic N) is 1. The number of anilines is 1. The molecule has 2 N–H and O–H groups in total. The molecule has 0 amide bonds. The molecule has 1 aromatic rings. The SMILES string of the molecule is CCNc1ccc(S(=O)(=O)NCCCCSC)cn1. The highest BCUT2D eigenvalue weighted by atomic mass is 32.2. The van der Waals surface area contributed by atoms with Crippen LogP contribution in [0.25, 0.3) is 0 Å². The van der Waals surface area contributed by atoms with Gasteiger partial charge in [-0.3, -0.25) is 0 Å². The molecule has 108 valence electrons. The fraction of sp³-hybridized carbons (Fsp3) is 0.583. The van der Waals surface area contributed by atoms with Crippen molar-refractivity contribution < 1.29 is 8.42 Å². The Bertz CT molecular complexity index is 460. The zero-order valence-electron chi connectivity index (χ0n) is 11.3. The Kier molecular flexibility index (Phi) is 7.19. The van der Waals surface area contributed by atoms with E-state index in [0.717, 1.165) is 25.1 Å². The van der Waals surface area contributed by atoms with Crippen LogP contribution in [-0.2, 0) is 10.0 Å². The summed E-state index contributed by atoms with van der Waals surface area (Å²) in [6.45, 7) is 3.19. The number of hydrogen-bond acceptors (Lipinski definition) is 5. The van der Waals surface area contributed by atoms with Gasteiger partial charge < -0.3 is 5.32 Å². The van der Waals surface area contributed by atoms with Crippen molar-refractivity contribution in [3.05, 3.63) is 18.3 Å². The molecule has 0 aliphatic carbocycles. The zero-order valence-corrected chi connectivity index (χ0v) is 13.0. The van der Waals surface area contributed by atoms with Gasteiger partial charge in [-0.05, 0) is 43.9 Å². The predicted octanol–water partition coefficient (Wildman–Crippen LogP) is 1.93. The van der Waals surface area contributed by atoms with Crippen LogP contribution in [0.5, 0.6) is 0 Å². The van der Waals surface area contributed by atoms with Gasteiger partial charge in [0.05, 0.1) is 0 Å². The van der Waals surface area contributed by atoms with Crippen molar-refractivity contribution in [2.45, 2.75) is 24.7 Å². The van der Waals surface area contributed by atoms with Crippen LogP contribution >= 0.6 is 11.8 Å². The fourth-order valence-electron chi connectivity index (χ4n) is 1.49. The summed E-state index contributed by atoms with van der Waals surface area (Å²) in [4.78, 5) is 4.27. The zero-order chi connectivity index (χ0) is 14.1. The smallest absolute Gasteiger partial charge is 0.242 e. The summed E-state index contributed by atoms with van der Waals surface area (Å²) >= 11 is 1.77. The summed E-state index contributed by atoms with van der Waals surface area (Å²) in [6, 6.07) is 3.24. The Morgan fingerprint density at radius 1 is 1.32 bits per heavy atom. The number of nitrogens with one attached hydrogen (secondary N) is 2. The highest BCUT2D eigenvalue weighted by molar-refractivity contribution is 7.98. The molecule has 0 saturated heterocycles. The maximum absolute atomic E-state index is 12.0. The molecule has 0 aromatic carbocycles. The Balaban J connectivity index is 2.52. The molecule has 0 fully saturated rings. The summed E-state index contributed by atoms with van der Waals surface area (Å²) in [7, 11) is -3.43. The molecule has 19 heavy (non-hydrogen) atoms. The topological polar surface area (TPSA) is 71.1 Å². The van der Waals surface area contributed by atoms with E-state index in [-0.39, 0.29) is 4.90 Å². The van der Waals surface area contributed by atoms with Crippen molar-refractivity contribution in [1.82, 2.24) is 9.71 Å². The van der Waals surface area contributed by atoms with Crippen LogP contribution in [0.4, 0.5) is 5.82 Å². The van der Waals surface area contributed by atoms with Crippen molar-refractivity contribution >= 4 is 27.6 Å². The van der Waals surface area contributed by atoms with Gasteiger partial charge in [0.25, 0.3) is 0 Å². The van der Waals surface area contributed by atoms with E-state index in [9.17, 15) is 8.42 Å². The van der Waals surface area contributed by atoms with Gasteiger partial charge in [0, 0.05) is 19.3 Å². The molecule has 0 aliphatic heterocycles. The lowest BCUT2D eigenvalue weighted by Crippen LogP contribution is -2.25. The van der Waals surface area contributed by atoms with E-state index in [4.69, 9.17) is 0 Å². The van der Waals surface area contributed by atoms with Crippen molar-refractivity contribution in [1.29, 1.82) is 0 Å². The van der Waals surface area contributed by atoms with E-state index in [1.165, 1.54) is 6.20 Å². The highest BCUT2D eigenvalue weighted by Crippen LogP contribution is 2.10. The monoisotopic (exact) mass is 303 g/mol. The van der Waals surface area contributed by atoms with Gasteiger partial charge in [0.15, 0.2) is 0 Å². The second-order valence-corrected chi connectivity index (χ2v) is 6.76. The maximum Gasteiger partial charge on any atom is 0.242 e. The summed E-state index contributed by atoms with van der Waals surface area (Å²) in [6.07, 6.45) is 5.29. The van der Waals surface area contributed by atoms with Gasteiger partial charge in [-0.1, -0.05) is 0 Å². The normalized spacial score (nSPS) is 11.5. The van der Waals surface area contributed by atoms with Gasteiger partial charge in [-0.15, -0.1) is 0 Å². The average molecular weight is 303 g/mol. The summed E-state index contributed by atoms with van der Waals surface area (Å²) in [5.74, 6) is 1.74. The summed E-state index contributed by atoms with van der Waals surface area (Å²) < 4.78 is 26.5.